The third kappa shape index (κ3) is 3.85. The highest BCUT2D eigenvalue weighted by atomic mass is 16.1. The van der Waals surface area contributed by atoms with E-state index < -0.39 is 0 Å². The summed E-state index contributed by atoms with van der Waals surface area (Å²) in [4.78, 5) is 16.2. The number of benzene rings is 1. The molecule has 0 atom stereocenters. The molecule has 2 N–H and O–H groups in total. The van der Waals surface area contributed by atoms with E-state index in [4.69, 9.17) is 0 Å². The third-order valence-corrected chi connectivity index (χ3v) is 3.48. The normalized spacial score (nSPS) is 10.4. The van der Waals surface area contributed by atoms with Crippen LogP contribution < -0.4 is 10.6 Å². The molecule has 1 heterocycles. The standard InChI is InChI=1S/C18H23N3O/c1-5-6-20-18(22)15-9-16(11-19-10-15)21-17-13(3)7-12(2)8-14(17)4/h7-11,21H,5-6H2,1-4H3,(H,20,22). The number of anilines is 2. The summed E-state index contributed by atoms with van der Waals surface area (Å²) >= 11 is 0. The van der Waals surface area contributed by atoms with Crippen molar-refractivity contribution in [3.63, 3.8) is 0 Å². The Morgan fingerprint density at radius 2 is 1.77 bits per heavy atom. The first-order valence-electron chi connectivity index (χ1n) is 7.59. The zero-order chi connectivity index (χ0) is 16.1. The van der Waals surface area contributed by atoms with Crippen LogP contribution in [-0.2, 0) is 0 Å². The van der Waals surface area contributed by atoms with E-state index in [1.54, 1.807) is 12.4 Å². The Bertz CT molecular complexity index is 657. The van der Waals surface area contributed by atoms with Crippen LogP contribution in [0.25, 0.3) is 0 Å². The fourth-order valence-electron chi connectivity index (χ4n) is 2.49. The predicted octanol–water partition coefficient (Wildman–Crippen LogP) is 3.89. The topological polar surface area (TPSA) is 54.0 Å². The van der Waals surface area contributed by atoms with Crippen LogP contribution in [0.2, 0.25) is 0 Å². The predicted molar refractivity (Wildman–Crippen MR) is 90.8 cm³/mol. The number of pyridine rings is 1. The molecule has 22 heavy (non-hydrogen) atoms. The van der Waals surface area contributed by atoms with Crippen molar-refractivity contribution in [3.05, 3.63) is 52.8 Å². The van der Waals surface area contributed by atoms with E-state index in [1.807, 2.05) is 13.0 Å². The molecule has 0 aliphatic carbocycles. The van der Waals surface area contributed by atoms with Gasteiger partial charge in [-0.05, 0) is 44.4 Å². The van der Waals surface area contributed by atoms with Crippen LogP contribution in [0.15, 0.2) is 30.6 Å². The number of aryl methyl sites for hydroxylation is 3. The van der Waals surface area contributed by atoms with E-state index >= 15 is 0 Å². The van der Waals surface area contributed by atoms with Gasteiger partial charge in [-0.15, -0.1) is 0 Å². The van der Waals surface area contributed by atoms with Gasteiger partial charge in [0, 0.05) is 18.4 Å². The van der Waals surface area contributed by atoms with Gasteiger partial charge in [-0.3, -0.25) is 9.78 Å². The van der Waals surface area contributed by atoms with E-state index in [9.17, 15) is 4.79 Å². The van der Waals surface area contributed by atoms with Crippen molar-refractivity contribution in [3.8, 4) is 0 Å². The fraction of sp³-hybridized carbons (Fsp3) is 0.333. The Morgan fingerprint density at radius 3 is 2.41 bits per heavy atom. The van der Waals surface area contributed by atoms with Crippen molar-refractivity contribution in [2.45, 2.75) is 34.1 Å². The molecule has 4 heteroatoms. The first kappa shape index (κ1) is 16.0. The lowest BCUT2D eigenvalue weighted by atomic mass is 10.0. The van der Waals surface area contributed by atoms with E-state index in [0.717, 1.165) is 17.8 Å². The molecule has 1 aromatic carbocycles. The van der Waals surface area contributed by atoms with Gasteiger partial charge in [-0.1, -0.05) is 24.6 Å². The Hall–Kier alpha value is -2.36. The number of amides is 1. The number of nitrogens with one attached hydrogen (secondary N) is 2. The highest BCUT2D eigenvalue weighted by Gasteiger charge is 2.08. The number of nitrogens with zero attached hydrogens (tertiary/aromatic N) is 1. The molecule has 116 valence electrons. The first-order chi connectivity index (χ1) is 10.5. The van der Waals surface area contributed by atoms with Gasteiger partial charge in [0.05, 0.1) is 17.4 Å². The van der Waals surface area contributed by atoms with Gasteiger partial charge < -0.3 is 10.6 Å². The summed E-state index contributed by atoms with van der Waals surface area (Å²) in [7, 11) is 0. The third-order valence-electron chi connectivity index (χ3n) is 3.48. The average molecular weight is 297 g/mol. The summed E-state index contributed by atoms with van der Waals surface area (Å²) < 4.78 is 0. The molecular formula is C18H23N3O. The molecule has 0 aliphatic heterocycles. The Kier molecular flexibility index (Phi) is 5.15. The van der Waals surface area contributed by atoms with Crippen LogP contribution in [0.3, 0.4) is 0 Å². The summed E-state index contributed by atoms with van der Waals surface area (Å²) in [6, 6.07) is 6.11. The second-order valence-electron chi connectivity index (χ2n) is 5.62. The van der Waals surface area contributed by atoms with Gasteiger partial charge in [0.15, 0.2) is 0 Å². The van der Waals surface area contributed by atoms with E-state index in [1.165, 1.54) is 16.7 Å². The molecule has 0 saturated heterocycles. The molecule has 0 aliphatic rings. The Balaban J connectivity index is 2.22. The maximum Gasteiger partial charge on any atom is 0.252 e. The lowest BCUT2D eigenvalue weighted by Crippen LogP contribution is -2.24. The molecule has 0 radical (unpaired) electrons. The molecule has 2 aromatic rings. The molecular weight excluding hydrogens is 274 g/mol. The zero-order valence-electron chi connectivity index (χ0n) is 13.7. The second-order valence-corrected chi connectivity index (χ2v) is 5.62. The number of carbonyl (C=O) groups is 1. The lowest BCUT2D eigenvalue weighted by molar-refractivity contribution is 0.0953. The monoisotopic (exact) mass is 297 g/mol. The largest absolute Gasteiger partial charge is 0.354 e. The molecule has 0 fully saturated rings. The van der Waals surface area contributed by atoms with Crippen LogP contribution in [0, 0.1) is 20.8 Å². The maximum atomic E-state index is 12.0. The van der Waals surface area contributed by atoms with Crippen LogP contribution in [0.5, 0.6) is 0 Å². The van der Waals surface area contributed by atoms with Crippen molar-refractivity contribution < 1.29 is 4.79 Å². The van der Waals surface area contributed by atoms with Crippen molar-refractivity contribution in [2.75, 3.05) is 11.9 Å². The molecule has 0 spiro atoms. The van der Waals surface area contributed by atoms with Crippen molar-refractivity contribution >= 4 is 17.3 Å². The number of rotatable bonds is 5. The Labute approximate surface area is 132 Å². The van der Waals surface area contributed by atoms with Crippen LogP contribution in [-0.4, -0.2) is 17.4 Å². The second kappa shape index (κ2) is 7.07. The average Bonchev–Trinajstić information content (AvgIpc) is 2.48. The summed E-state index contributed by atoms with van der Waals surface area (Å²) in [5, 5.41) is 6.24. The lowest BCUT2D eigenvalue weighted by Gasteiger charge is -2.14. The fourth-order valence-corrected chi connectivity index (χ4v) is 2.49. The summed E-state index contributed by atoms with van der Waals surface area (Å²) in [6.07, 6.45) is 4.24. The molecule has 0 unspecified atom stereocenters. The van der Waals surface area contributed by atoms with Gasteiger partial charge in [0.1, 0.15) is 0 Å². The smallest absolute Gasteiger partial charge is 0.252 e. The number of carbonyl (C=O) groups excluding carboxylic acids is 1. The minimum atomic E-state index is -0.0876. The van der Waals surface area contributed by atoms with Gasteiger partial charge in [-0.25, -0.2) is 0 Å². The zero-order valence-corrected chi connectivity index (χ0v) is 13.7. The summed E-state index contributed by atoms with van der Waals surface area (Å²) in [5.41, 5.74) is 6.06. The van der Waals surface area contributed by atoms with E-state index in [0.29, 0.717) is 12.1 Å². The van der Waals surface area contributed by atoms with Gasteiger partial charge in [-0.2, -0.15) is 0 Å². The summed E-state index contributed by atoms with van der Waals surface area (Å²) in [6.45, 7) is 8.94. The first-order valence-corrected chi connectivity index (χ1v) is 7.59. The van der Waals surface area contributed by atoms with Crippen molar-refractivity contribution in [1.29, 1.82) is 0 Å². The minimum Gasteiger partial charge on any atom is -0.354 e. The van der Waals surface area contributed by atoms with E-state index in [-0.39, 0.29) is 5.91 Å². The van der Waals surface area contributed by atoms with Gasteiger partial charge in [0.25, 0.3) is 5.91 Å². The molecule has 1 amide bonds. The summed E-state index contributed by atoms with van der Waals surface area (Å²) in [5.74, 6) is -0.0876. The van der Waals surface area contributed by atoms with Crippen LogP contribution in [0.1, 0.15) is 40.4 Å². The quantitative estimate of drug-likeness (QED) is 0.880. The van der Waals surface area contributed by atoms with Gasteiger partial charge in [0.2, 0.25) is 0 Å². The van der Waals surface area contributed by atoms with Crippen LogP contribution in [0.4, 0.5) is 11.4 Å². The Morgan fingerprint density at radius 1 is 1.09 bits per heavy atom. The molecule has 1 aromatic heterocycles. The van der Waals surface area contributed by atoms with Crippen molar-refractivity contribution in [2.24, 2.45) is 0 Å². The highest BCUT2D eigenvalue weighted by molar-refractivity contribution is 5.94. The van der Waals surface area contributed by atoms with E-state index in [2.05, 4.69) is 48.5 Å². The number of hydrogen-bond donors (Lipinski definition) is 2. The highest BCUT2D eigenvalue weighted by Crippen LogP contribution is 2.25. The van der Waals surface area contributed by atoms with Crippen LogP contribution >= 0.6 is 0 Å². The molecule has 0 bridgehead atoms. The molecule has 4 nitrogen and oxygen atoms in total. The minimum absolute atomic E-state index is 0.0876. The number of hydrogen-bond acceptors (Lipinski definition) is 3. The molecule has 0 saturated carbocycles. The van der Waals surface area contributed by atoms with Crippen molar-refractivity contribution in [1.82, 2.24) is 10.3 Å². The maximum absolute atomic E-state index is 12.0. The number of aromatic nitrogens is 1. The SMILES string of the molecule is CCCNC(=O)c1cncc(Nc2c(C)cc(C)cc2C)c1. The van der Waals surface area contributed by atoms with Gasteiger partial charge >= 0.3 is 0 Å². The molecule has 2 rings (SSSR count).